The van der Waals surface area contributed by atoms with Gasteiger partial charge in [-0.2, -0.15) is 0 Å². The monoisotopic (exact) mass is 425 g/mol. The summed E-state index contributed by atoms with van der Waals surface area (Å²) in [4.78, 5) is 31.6. The summed E-state index contributed by atoms with van der Waals surface area (Å²) in [6, 6.07) is 11.3. The van der Waals surface area contributed by atoms with E-state index in [0.717, 1.165) is 35.9 Å². The van der Waals surface area contributed by atoms with Gasteiger partial charge >= 0.3 is 0 Å². The number of likely N-dealkylation sites (N-methyl/N-ethyl adjacent to an activating group) is 1. The van der Waals surface area contributed by atoms with Crippen LogP contribution >= 0.6 is 11.3 Å². The van der Waals surface area contributed by atoms with Gasteiger partial charge < -0.3 is 15.1 Å². The van der Waals surface area contributed by atoms with E-state index in [2.05, 4.69) is 17.1 Å². The molecule has 0 unspecified atom stereocenters. The molecule has 1 aromatic heterocycles. The first-order valence-corrected chi connectivity index (χ1v) is 11.8. The summed E-state index contributed by atoms with van der Waals surface area (Å²) in [7, 11) is 1.81. The smallest absolute Gasteiger partial charge is 0.254 e. The van der Waals surface area contributed by atoms with Gasteiger partial charge in [0.25, 0.3) is 5.91 Å². The molecule has 2 aromatic rings. The van der Waals surface area contributed by atoms with E-state index >= 15 is 0 Å². The zero-order valence-corrected chi connectivity index (χ0v) is 18.7. The second kappa shape index (κ2) is 9.31. The fourth-order valence-electron chi connectivity index (χ4n) is 4.89. The van der Waals surface area contributed by atoms with Crippen LogP contribution in [0.2, 0.25) is 0 Å². The van der Waals surface area contributed by atoms with Crippen LogP contribution in [0.4, 0.5) is 0 Å². The molecule has 1 fully saturated rings. The van der Waals surface area contributed by atoms with Crippen molar-refractivity contribution in [1.29, 1.82) is 0 Å². The van der Waals surface area contributed by atoms with E-state index in [-0.39, 0.29) is 17.9 Å². The van der Waals surface area contributed by atoms with E-state index in [0.29, 0.717) is 12.1 Å². The largest absolute Gasteiger partial charge is 0.355 e. The average Bonchev–Trinajstić information content (AvgIpc) is 3.28. The fourth-order valence-corrected chi connectivity index (χ4v) is 5.79. The number of nitrogens with one attached hydrogen (secondary N) is 1. The van der Waals surface area contributed by atoms with Gasteiger partial charge in [0, 0.05) is 30.6 Å². The SMILES string of the molecule is C[C@@H]1CCCN(CCCNC(=O)[C@@H]2c3ccccc3C(=O)N(C)[C@H]2c2cccs2)C1. The van der Waals surface area contributed by atoms with Crippen LogP contribution in [0, 0.1) is 5.92 Å². The van der Waals surface area contributed by atoms with Crippen LogP contribution in [0.15, 0.2) is 41.8 Å². The van der Waals surface area contributed by atoms with Crippen LogP contribution in [-0.2, 0) is 4.79 Å². The minimum Gasteiger partial charge on any atom is -0.355 e. The second-order valence-electron chi connectivity index (χ2n) is 8.63. The maximum atomic E-state index is 13.4. The normalized spacial score (nSPS) is 24.5. The number of hydrogen-bond acceptors (Lipinski definition) is 4. The van der Waals surface area contributed by atoms with Crippen LogP contribution in [0.3, 0.4) is 0 Å². The molecular formula is C24H31N3O2S. The molecule has 0 saturated carbocycles. The van der Waals surface area contributed by atoms with E-state index in [1.54, 1.807) is 23.3 Å². The molecule has 30 heavy (non-hydrogen) atoms. The van der Waals surface area contributed by atoms with E-state index in [9.17, 15) is 9.59 Å². The molecule has 2 aliphatic rings. The standard InChI is InChI=1S/C24H31N3O2S/c1-17-8-5-13-27(16-17)14-7-12-25-23(28)21-18-9-3-4-10-19(18)24(29)26(2)22(21)20-11-6-15-30-20/h3-4,6,9-11,15,17,21-22H,5,7-8,12-14,16H2,1-2H3,(H,25,28)/t17-,21-,22+/m1/s1. The quantitative estimate of drug-likeness (QED) is 0.714. The first-order valence-electron chi connectivity index (χ1n) is 11.0. The van der Waals surface area contributed by atoms with Crippen molar-refractivity contribution < 1.29 is 9.59 Å². The predicted octanol–water partition coefficient (Wildman–Crippen LogP) is 3.90. The Hall–Kier alpha value is -2.18. The van der Waals surface area contributed by atoms with E-state index in [1.807, 2.05) is 41.8 Å². The van der Waals surface area contributed by atoms with Crippen LogP contribution in [0.25, 0.3) is 0 Å². The number of benzene rings is 1. The summed E-state index contributed by atoms with van der Waals surface area (Å²) >= 11 is 1.60. The highest BCUT2D eigenvalue weighted by molar-refractivity contribution is 7.10. The van der Waals surface area contributed by atoms with Crippen LogP contribution in [0.5, 0.6) is 0 Å². The molecule has 0 aliphatic carbocycles. The number of carbonyl (C=O) groups excluding carboxylic acids is 2. The molecule has 2 amide bonds. The molecule has 5 nitrogen and oxygen atoms in total. The molecule has 1 N–H and O–H groups in total. The number of thiophene rings is 1. The Morgan fingerprint density at radius 1 is 1.23 bits per heavy atom. The lowest BCUT2D eigenvalue weighted by atomic mass is 9.81. The molecule has 3 heterocycles. The summed E-state index contributed by atoms with van der Waals surface area (Å²) in [5.41, 5.74) is 1.47. The summed E-state index contributed by atoms with van der Waals surface area (Å²) in [6.45, 7) is 6.34. The minimum atomic E-state index is -0.391. The number of carbonyl (C=O) groups is 2. The number of likely N-dealkylation sites (tertiary alicyclic amines) is 1. The Kier molecular flexibility index (Phi) is 6.54. The Balaban J connectivity index is 1.47. The number of amides is 2. The Morgan fingerprint density at radius 2 is 2.07 bits per heavy atom. The maximum absolute atomic E-state index is 13.4. The molecule has 2 aliphatic heterocycles. The van der Waals surface area contributed by atoms with E-state index in [4.69, 9.17) is 0 Å². The van der Waals surface area contributed by atoms with Gasteiger partial charge in [-0.3, -0.25) is 9.59 Å². The molecule has 6 heteroatoms. The maximum Gasteiger partial charge on any atom is 0.254 e. The molecule has 3 atom stereocenters. The van der Waals surface area contributed by atoms with Crippen molar-refractivity contribution in [2.45, 2.75) is 38.1 Å². The highest BCUT2D eigenvalue weighted by atomic mass is 32.1. The number of hydrogen-bond donors (Lipinski definition) is 1. The summed E-state index contributed by atoms with van der Waals surface area (Å²) < 4.78 is 0. The fraction of sp³-hybridized carbons (Fsp3) is 0.500. The molecule has 0 spiro atoms. The summed E-state index contributed by atoms with van der Waals surface area (Å²) in [6.07, 6.45) is 3.55. The molecule has 1 saturated heterocycles. The zero-order chi connectivity index (χ0) is 21.1. The molecule has 1 aromatic carbocycles. The highest BCUT2D eigenvalue weighted by Gasteiger charge is 2.42. The zero-order valence-electron chi connectivity index (χ0n) is 17.8. The van der Waals surface area contributed by atoms with Crippen molar-refractivity contribution >= 4 is 23.2 Å². The summed E-state index contributed by atoms with van der Waals surface area (Å²) in [5, 5.41) is 5.18. The Bertz CT molecular complexity index is 882. The first-order chi connectivity index (χ1) is 14.6. The average molecular weight is 426 g/mol. The van der Waals surface area contributed by atoms with Crippen molar-refractivity contribution in [1.82, 2.24) is 15.1 Å². The first kappa shape index (κ1) is 21.1. The topological polar surface area (TPSA) is 52.7 Å². The van der Waals surface area contributed by atoms with Crippen molar-refractivity contribution in [2.24, 2.45) is 5.92 Å². The van der Waals surface area contributed by atoms with Gasteiger partial charge in [-0.1, -0.05) is 31.2 Å². The predicted molar refractivity (Wildman–Crippen MR) is 121 cm³/mol. The van der Waals surface area contributed by atoms with Crippen LogP contribution in [-0.4, -0.2) is 54.8 Å². The number of nitrogens with zero attached hydrogens (tertiary/aromatic N) is 2. The number of piperidine rings is 1. The lowest BCUT2D eigenvalue weighted by Gasteiger charge is -2.39. The third-order valence-electron chi connectivity index (χ3n) is 6.39. The van der Waals surface area contributed by atoms with Gasteiger partial charge in [-0.15, -0.1) is 11.3 Å². The van der Waals surface area contributed by atoms with Crippen LogP contribution in [0.1, 0.15) is 58.9 Å². The van der Waals surface area contributed by atoms with Gasteiger partial charge in [-0.05, 0) is 61.3 Å². The Labute approximate surface area is 183 Å². The van der Waals surface area contributed by atoms with E-state index < -0.39 is 5.92 Å². The molecule has 0 bridgehead atoms. The van der Waals surface area contributed by atoms with Crippen molar-refractivity contribution in [3.05, 3.63) is 57.8 Å². The lowest BCUT2D eigenvalue weighted by molar-refractivity contribution is -0.124. The molecule has 0 radical (unpaired) electrons. The summed E-state index contributed by atoms with van der Waals surface area (Å²) in [5.74, 6) is 0.365. The Morgan fingerprint density at radius 3 is 2.83 bits per heavy atom. The number of rotatable bonds is 6. The van der Waals surface area contributed by atoms with Gasteiger partial charge in [0.05, 0.1) is 12.0 Å². The van der Waals surface area contributed by atoms with Gasteiger partial charge in [0.2, 0.25) is 5.91 Å². The molecular weight excluding hydrogens is 394 g/mol. The van der Waals surface area contributed by atoms with Crippen molar-refractivity contribution in [3.8, 4) is 0 Å². The van der Waals surface area contributed by atoms with Gasteiger partial charge in [0.15, 0.2) is 0 Å². The lowest BCUT2D eigenvalue weighted by Crippen LogP contribution is -2.45. The molecule has 4 rings (SSSR count). The molecule has 160 valence electrons. The second-order valence-corrected chi connectivity index (χ2v) is 9.61. The van der Waals surface area contributed by atoms with Gasteiger partial charge in [0.1, 0.15) is 0 Å². The minimum absolute atomic E-state index is 0.00668. The van der Waals surface area contributed by atoms with E-state index in [1.165, 1.54) is 19.4 Å². The third-order valence-corrected chi connectivity index (χ3v) is 7.33. The van der Waals surface area contributed by atoms with Gasteiger partial charge in [-0.25, -0.2) is 0 Å². The van der Waals surface area contributed by atoms with Crippen LogP contribution < -0.4 is 5.32 Å². The number of fused-ring (bicyclic) bond motifs is 1. The highest BCUT2D eigenvalue weighted by Crippen LogP contribution is 2.43. The van der Waals surface area contributed by atoms with Crippen molar-refractivity contribution in [2.75, 3.05) is 33.2 Å². The third kappa shape index (κ3) is 4.30. The van der Waals surface area contributed by atoms with Crippen molar-refractivity contribution in [3.63, 3.8) is 0 Å².